The number of nitrogens with zero attached hydrogens (tertiary/aromatic N) is 1. The number of fused-ring (bicyclic) bond motifs is 1. The standard InChI is InChI=1S/C14H28N2O/c1-11(10-15-3)12(2)16-8-9-17-14-7-5-4-6-13(14)16/h11-15H,4-10H2,1-3H3. The summed E-state index contributed by atoms with van der Waals surface area (Å²) >= 11 is 0. The number of rotatable bonds is 4. The Labute approximate surface area is 106 Å². The second kappa shape index (κ2) is 6.17. The van der Waals surface area contributed by atoms with Crippen molar-refractivity contribution in [2.75, 3.05) is 26.7 Å². The lowest BCUT2D eigenvalue weighted by Crippen LogP contribution is -2.57. The van der Waals surface area contributed by atoms with Crippen molar-refractivity contribution in [3.8, 4) is 0 Å². The summed E-state index contributed by atoms with van der Waals surface area (Å²) in [6, 6.07) is 1.35. The molecule has 1 saturated heterocycles. The predicted octanol–water partition coefficient (Wildman–Crippen LogP) is 1.87. The van der Waals surface area contributed by atoms with Gasteiger partial charge in [-0.3, -0.25) is 4.90 Å². The first-order valence-corrected chi connectivity index (χ1v) is 7.26. The molecule has 1 N–H and O–H groups in total. The van der Waals surface area contributed by atoms with Crippen LogP contribution >= 0.6 is 0 Å². The van der Waals surface area contributed by atoms with Crippen LogP contribution in [0.2, 0.25) is 0 Å². The van der Waals surface area contributed by atoms with Gasteiger partial charge in [-0.1, -0.05) is 19.8 Å². The zero-order valence-electron chi connectivity index (χ0n) is 11.6. The Morgan fingerprint density at radius 3 is 2.82 bits per heavy atom. The first kappa shape index (κ1) is 13.3. The molecule has 0 amide bonds. The van der Waals surface area contributed by atoms with Gasteiger partial charge in [-0.2, -0.15) is 0 Å². The van der Waals surface area contributed by atoms with E-state index in [1.165, 1.54) is 25.7 Å². The molecule has 1 saturated carbocycles. The lowest BCUT2D eigenvalue weighted by molar-refractivity contribution is -0.106. The fourth-order valence-corrected chi connectivity index (χ4v) is 3.45. The molecule has 2 rings (SSSR count). The van der Waals surface area contributed by atoms with Crippen molar-refractivity contribution in [1.29, 1.82) is 0 Å². The Morgan fingerprint density at radius 1 is 1.29 bits per heavy atom. The van der Waals surface area contributed by atoms with E-state index in [4.69, 9.17) is 4.74 Å². The van der Waals surface area contributed by atoms with Gasteiger partial charge in [-0.25, -0.2) is 0 Å². The summed E-state index contributed by atoms with van der Waals surface area (Å²) in [5.74, 6) is 0.709. The number of hydrogen-bond acceptors (Lipinski definition) is 3. The molecule has 0 aromatic heterocycles. The van der Waals surface area contributed by atoms with E-state index in [0.717, 1.165) is 19.7 Å². The highest BCUT2D eigenvalue weighted by atomic mass is 16.5. The van der Waals surface area contributed by atoms with E-state index >= 15 is 0 Å². The zero-order chi connectivity index (χ0) is 12.3. The molecule has 2 fully saturated rings. The van der Waals surface area contributed by atoms with Gasteiger partial charge in [0.2, 0.25) is 0 Å². The van der Waals surface area contributed by atoms with E-state index in [-0.39, 0.29) is 0 Å². The third-order valence-corrected chi connectivity index (χ3v) is 4.65. The lowest BCUT2D eigenvalue weighted by atomic mass is 9.87. The largest absolute Gasteiger partial charge is 0.375 e. The highest BCUT2D eigenvalue weighted by molar-refractivity contribution is 4.90. The van der Waals surface area contributed by atoms with Gasteiger partial charge in [0.05, 0.1) is 12.7 Å². The number of hydrogen-bond donors (Lipinski definition) is 1. The quantitative estimate of drug-likeness (QED) is 0.812. The van der Waals surface area contributed by atoms with Crippen molar-refractivity contribution in [3.63, 3.8) is 0 Å². The minimum atomic E-state index is 0.515. The van der Waals surface area contributed by atoms with Gasteiger partial charge >= 0.3 is 0 Å². The molecule has 4 atom stereocenters. The molecule has 3 heteroatoms. The average Bonchev–Trinajstić information content (AvgIpc) is 2.37. The van der Waals surface area contributed by atoms with Crippen molar-refractivity contribution < 1.29 is 4.74 Å². The van der Waals surface area contributed by atoms with Gasteiger partial charge in [-0.15, -0.1) is 0 Å². The van der Waals surface area contributed by atoms with Crippen LogP contribution in [0.25, 0.3) is 0 Å². The molecule has 0 radical (unpaired) electrons. The van der Waals surface area contributed by atoms with Crippen LogP contribution in [0.1, 0.15) is 39.5 Å². The predicted molar refractivity (Wildman–Crippen MR) is 71.3 cm³/mol. The molecule has 4 unspecified atom stereocenters. The molecule has 0 spiro atoms. The van der Waals surface area contributed by atoms with Crippen LogP contribution in [-0.4, -0.2) is 49.8 Å². The first-order valence-electron chi connectivity index (χ1n) is 7.26. The Morgan fingerprint density at radius 2 is 2.06 bits per heavy atom. The smallest absolute Gasteiger partial charge is 0.0731 e. The maximum Gasteiger partial charge on any atom is 0.0731 e. The third kappa shape index (κ3) is 3.01. The average molecular weight is 240 g/mol. The normalized spacial score (nSPS) is 34.1. The summed E-state index contributed by atoms with van der Waals surface area (Å²) in [5.41, 5.74) is 0. The molecule has 2 aliphatic rings. The SMILES string of the molecule is CNCC(C)C(C)N1CCOC2CCCCC21. The minimum Gasteiger partial charge on any atom is -0.375 e. The monoisotopic (exact) mass is 240 g/mol. The number of morpholine rings is 1. The molecule has 100 valence electrons. The Hall–Kier alpha value is -0.120. The van der Waals surface area contributed by atoms with E-state index in [0.29, 0.717) is 24.1 Å². The van der Waals surface area contributed by atoms with Crippen LogP contribution in [0, 0.1) is 5.92 Å². The fraction of sp³-hybridized carbons (Fsp3) is 1.00. The summed E-state index contributed by atoms with van der Waals surface area (Å²) in [6.45, 7) is 7.90. The Kier molecular flexibility index (Phi) is 4.83. The Balaban J connectivity index is 1.97. The van der Waals surface area contributed by atoms with E-state index in [1.54, 1.807) is 0 Å². The molecule has 3 nitrogen and oxygen atoms in total. The maximum absolute atomic E-state index is 5.94. The van der Waals surface area contributed by atoms with Crippen molar-refractivity contribution in [1.82, 2.24) is 10.2 Å². The molecule has 0 aromatic carbocycles. The van der Waals surface area contributed by atoms with Crippen molar-refractivity contribution >= 4 is 0 Å². The summed E-state index contributed by atoms with van der Waals surface area (Å²) < 4.78 is 5.94. The molecule has 17 heavy (non-hydrogen) atoms. The minimum absolute atomic E-state index is 0.515. The van der Waals surface area contributed by atoms with E-state index in [9.17, 15) is 0 Å². The molecule has 1 heterocycles. The van der Waals surface area contributed by atoms with Crippen LogP contribution in [0.15, 0.2) is 0 Å². The van der Waals surface area contributed by atoms with Gasteiger partial charge in [0.1, 0.15) is 0 Å². The van der Waals surface area contributed by atoms with Crippen LogP contribution in [0.3, 0.4) is 0 Å². The summed E-state index contributed by atoms with van der Waals surface area (Å²) in [4.78, 5) is 2.72. The molecule has 0 aromatic rings. The maximum atomic E-state index is 5.94. The van der Waals surface area contributed by atoms with E-state index < -0.39 is 0 Å². The van der Waals surface area contributed by atoms with Gasteiger partial charge in [-0.05, 0) is 39.3 Å². The lowest BCUT2D eigenvalue weighted by Gasteiger charge is -2.48. The van der Waals surface area contributed by atoms with Gasteiger partial charge in [0, 0.05) is 18.6 Å². The highest BCUT2D eigenvalue weighted by Crippen LogP contribution is 2.30. The summed E-state index contributed by atoms with van der Waals surface area (Å²) in [6.07, 6.45) is 5.86. The van der Waals surface area contributed by atoms with Crippen molar-refractivity contribution in [2.45, 2.75) is 57.7 Å². The molecule has 1 aliphatic carbocycles. The highest BCUT2D eigenvalue weighted by Gasteiger charge is 2.37. The van der Waals surface area contributed by atoms with Gasteiger partial charge < -0.3 is 10.1 Å². The van der Waals surface area contributed by atoms with Gasteiger partial charge in [0.15, 0.2) is 0 Å². The van der Waals surface area contributed by atoms with Crippen molar-refractivity contribution in [2.24, 2.45) is 5.92 Å². The first-order chi connectivity index (χ1) is 8.24. The zero-order valence-corrected chi connectivity index (χ0v) is 11.6. The number of nitrogens with one attached hydrogen (secondary N) is 1. The second-order valence-corrected chi connectivity index (χ2v) is 5.77. The van der Waals surface area contributed by atoms with Crippen LogP contribution in [0.4, 0.5) is 0 Å². The topological polar surface area (TPSA) is 24.5 Å². The van der Waals surface area contributed by atoms with Crippen LogP contribution in [-0.2, 0) is 4.74 Å². The molecule has 0 bridgehead atoms. The van der Waals surface area contributed by atoms with E-state index in [1.807, 2.05) is 7.05 Å². The number of ether oxygens (including phenoxy) is 1. The van der Waals surface area contributed by atoms with Crippen molar-refractivity contribution in [3.05, 3.63) is 0 Å². The molecular weight excluding hydrogens is 212 g/mol. The fourth-order valence-electron chi connectivity index (χ4n) is 3.45. The Bertz CT molecular complexity index is 232. The van der Waals surface area contributed by atoms with Crippen LogP contribution < -0.4 is 5.32 Å². The van der Waals surface area contributed by atoms with E-state index in [2.05, 4.69) is 24.1 Å². The molecule has 1 aliphatic heterocycles. The third-order valence-electron chi connectivity index (χ3n) is 4.65. The molecular formula is C14H28N2O. The summed E-state index contributed by atoms with van der Waals surface area (Å²) in [7, 11) is 2.05. The second-order valence-electron chi connectivity index (χ2n) is 5.77. The summed E-state index contributed by atoms with van der Waals surface area (Å²) in [5, 5.41) is 3.30. The van der Waals surface area contributed by atoms with Gasteiger partial charge in [0.25, 0.3) is 0 Å². The van der Waals surface area contributed by atoms with Crippen LogP contribution in [0.5, 0.6) is 0 Å².